The number of pyridine rings is 1. The predicted octanol–water partition coefficient (Wildman–Crippen LogP) is 1.51. The standard InChI is InChI=1S/C8H7N3S2/c9-5-4-2-1-3-11-8(4)13-6(5)7(10)12/h1-3H,9H2,(H2,10,12). The number of nitrogen functional groups attached to an aromatic ring is 1. The van der Waals surface area contributed by atoms with Crippen LogP contribution in [0, 0.1) is 0 Å². The van der Waals surface area contributed by atoms with Crippen molar-refractivity contribution in [3.63, 3.8) is 0 Å². The fourth-order valence-electron chi connectivity index (χ4n) is 1.13. The lowest BCUT2D eigenvalue weighted by Gasteiger charge is -1.93. The summed E-state index contributed by atoms with van der Waals surface area (Å²) in [5.41, 5.74) is 12.0. The highest BCUT2D eigenvalue weighted by Crippen LogP contribution is 2.31. The zero-order chi connectivity index (χ0) is 9.42. The molecule has 0 aromatic carbocycles. The number of hydrogen-bond donors (Lipinski definition) is 2. The largest absolute Gasteiger partial charge is 0.397 e. The van der Waals surface area contributed by atoms with Gasteiger partial charge in [-0.3, -0.25) is 0 Å². The maximum Gasteiger partial charge on any atom is 0.126 e. The molecule has 2 aromatic rings. The normalized spacial score (nSPS) is 10.5. The van der Waals surface area contributed by atoms with E-state index in [2.05, 4.69) is 4.98 Å². The Bertz CT molecular complexity index is 475. The number of rotatable bonds is 1. The zero-order valence-corrected chi connectivity index (χ0v) is 8.28. The summed E-state index contributed by atoms with van der Waals surface area (Å²) in [4.78, 5) is 6.13. The maximum atomic E-state index is 5.84. The Morgan fingerprint density at radius 2 is 2.31 bits per heavy atom. The van der Waals surface area contributed by atoms with Gasteiger partial charge in [-0.15, -0.1) is 11.3 Å². The van der Waals surface area contributed by atoms with Crippen LogP contribution in [0.4, 0.5) is 5.69 Å². The maximum absolute atomic E-state index is 5.84. The third-order valence-electron chi connectivity index (χ3n) is 1.73. The van der Waals surface area contributed by atoms with Crippen LogP contribution < -0.4 is 11.5 Å². The smallest absolute Gasteiger partial charge is 0.126 e. The fraction of sp³-hybridized carbons (Fsp3) is 0. The third-order valence-corrected chi connectivity index (χ3v) is 3.22. The molecule has 5 heteroatoms. The minimum absolute atomic E-state index is 0.334. The first-order valence-electron chi connectivity index (χ1n) is 3.63. The third kappa shape index (κ3) is 1.26. The van der Waals surface area contributed by atoms with E-state index < -0.39 is 0 Å². The van der Waals surface area contributed by atoms with E-state index in [1.165, 1.54) is 11.3 Å². The van der Waals surface area contributed by atoms with Crippen molar-refractivity contribution in [2.24, 2.45) is 5.73 Å². The molecule has 4 N–H and O–H groups in total. The van der Waals surface area contributed by atoms with Crippen LogP contribution in [0.15, 0.2) is 18.3 Å². The average Bonchev–Trinajstić information content (AvgIpc) is 2.45. The molecular formula is C8H7N3S2. The topological polar surface area (TPSA) is 64.9 Å². The minimum atomic E-state index is 0.334. The van der Waals surface area contributed by atoms with Gasteiger partial charge in [-0.2, -0.15) is 0 Å². The van der Waals surface area contributed by atoms with Gasteiger partial charge in [0.25, 0.3) is 0 Å². The second-order valence-corrected chi connectivity index (χ2v) is 4.00. The summed E-state index contributed by atoms with van der Waals surface area (Å²) >= 11 is 6.30. The number of thiophene rings is 1. The van der Waals surface area contributed by atoms with Gasteiger partial charge in [0.1, 0.15) is 9.82 Å². The molecule has 0 fully saturated rings. The number of anilines is 1. The molecule has 66 valence electrons. The molecule has 0 bridgehead atoms. The van der Waals surface area contributed by atoms with Crippen molar-refractivity contribution in [2.45, 2.75) is 0 Å². The van der Waals surface area contributed by atoms with E-state index in [9.17, 15) is 0 Å². The number of nitrogens with two attached hydrogens (primary N) is 2. The lowest BCUT2D eigenvalue weighted by atomic mass is 10.3. The SMILES string of the molecule is NC(=S)c1sc2ncccc2c1N. The summed E-state index contributed by atoms with van der Waals surface area (Å²) in [6.45, 7) is 0. The molecule has 0 saturated carbocycles. The van der Waals surface area contributed by atoms with Crippen molar-refractivity contribution in [1.29, 1.82) is 0 Å². The molecule has 0 saturated heterocycles. The molecule has 0 unspecified atom stereocenters. The summed E-state index contributed by atoms with van der Waals surface area (Å²) < 4.78 is 0. The van der Waals surface area contributed by atoms with Gasteiger partial charge in [-0.25, -0.2) is 4.98 Å². The highest BCUT2D eigenvalue weighted by Gasteiger charge is 2.10. The van der Waals surface area contributed by atoms with E-state index in [0.29, 0.717) is 10.7 Å². The Morgan fingerprint density at radius 3 is 2.92 bits per heavy atom. The lowest BCUT2D eigenvalue weighted by molar-refractivity contribution is 1.45. The van der Waals surface area contributed by atoms with E-state index in [1.54, 1.807) is 6.20 Å². The summed E-state index contributed by atoms with van der Waals surface area (Å²) in [6.07, 6.45) is 1.72. The summed E-state index contributed by atoms with van der Waals surface area (Å²) in [5.74, 6) is 0. The van der Waals surface area contributed by atoms with Gasteiger partial charge in [0.05, 0.1) is 10.6 Å². The van der Waals surface area contributed by atoms with E-state index in [-0.39, 0.29) is 0 Å². The summed E-state index contributed by atoms with van der Waals surface area (Å²) in [5, 5.41) is 0.926. The molecule has 0 radical (unpaired) electrons. The van der Waals surface area contributed by atoms with Crippen LogP contribution in [0.25, 0.3) is 10.2 Å². The molecular weight excluding hydrogens is 202 g/mol. The molecule has 0 atom stereocenters. The van der Waals surface area contributed by atoms with E-state index in [1.807, 2.05) is 12.1 Å². The first-order chi connectivity index (χ1) is 6.20. The van der Waals surface area contributed by atoms with Gasteiger partial charge in [0.2, 0.25) is 0 Å². The van der Waals surface area contributed by atoms with Crippen LogP contribution in [-0.2, 0) is 0 Å². The van der Waals surface area contributed by atoms with Gasteiger partial charge >= 0.3 is 0 Å². The van der Waals surface area contributed by atoms with Crippen molar-refractivity contribution < 1.29 is 0 Å². The minimum Gasteiger partial charge on any atom is -0.397 e. The molecule has 0 aliphatic carbocycles. The van der Waals surface area contributed by atoms with Crippen LogP contribution in [0.2, 0.25) is 0 Å². The molecule has 3 nitrogen and oxygen atoms in total. The molecule has 2 heterocycles. The molecule has 2 rings (SSSR count). The van der Waals surface area contributed by atoms with E-state index in [0.717, 1.165) is 15.1 Å². The summed E-state index contributed by atoms with van der Waals surface area (Å²) in [6, 6.07) is 3.75. The Morgan fingerprint density at radius 1 is 1.54 bits per heavy atom. The van der Waals surface area contributed by atoms with E-state index in [4.69, 9.17) is 23.7 Å². The molecule has 13 heavy (non-hydrogen) atoms. The zero-order valence-electron chi connectivity index (χ0n) is 6.65. The first-order valence-corrected chi connectivity index (χ1v) is 4.85. The second-order valence-electron chi connectivity index (χ2n) is 2.57. The molecule has 0 aliphatic heterocycles. The Balaban J connectivity index is 2.81. The van der Waals surface area contributed by atoms with Gasteiger partial charge < -0.3 is 11.5 Å². The highest BCUT2D eigenvalue weighted by molar-refractivity contribution is 7.81. The number of aromatic nitrogens is 1. The second kappa shape index (κ2) is 2.93. The molecule has 0 spiro atoms. The van der Waals surface area contributed by atoms with Crippen LogP contribution in [0.1, 0.15) is 4.88 Å². The van der Waals surface area contributed by atoms with Crippen molar-refractivity contribution in [3.8, 4) is 0 Å². The van der Waals surface area contributed by atoms with E-state index >= 15 is 0 Å². The lowest BCUT2D eigenvalue weighted by Crippen LogP contribution is -2.09. The van der Waals surface area contributed by atoms with Crippen molar-refractivity contribution >= 4 is 44.4 Å². The quantitative estimate of drug-likeness (QED) is 0.699. The Labute approximate surface area is 84.4 Å². The first kappa shape index (κ1) is 8.40. The Kier molecular flexibility index (Phi) is 1.90. The van der Waals surface area contributed by atoms with Crippen LogP contribution in [-0.4, -0.2) is 9.97 Å². The summed E-state index contributed by atoms with van der Waals surface area (Å²) in [7, 11) is 0. The van der Waals surface area contributed by atoms with Crippen LogP contribution in [0.5, 0.6) is 0 Å². The van der Waals surface area contributed by atoms with Crippen LogP contribution >= 0.6 is 23.6 Å². The number of nitrogens with zero attached hydrogens (tertiary/aromatic N) is 1. The number of hydrogen-bond acceptors (Lipinski definition) is 4. The predicted molar refractivity (Wildman–Crippen MR) is 59.9 cm³/mol. The van der Waals surface area contributed by atoms with Crippen molar-refractivity contribution in [3.05, 3.63) is 23.2 Å². The van der Waals surface area contributed by atoms with Gasteiger partial charge in [-0.1, -0.05) is 12.2 Å². The number of fused-ring (bicyclic) bond motifs is 1. The number of thiocarbonyl (C=S) groups is 1. The van der Waals surface area contributed by atoms with Gasteiger partial charge in [0, 0.05) is 11.6 Å². The fourth-order valence-corrected chi connectivity index (χ4v) is 2.28. The van der Waals surface area contributed by atoms with Crippen molar-refractivity contribution in [2.75, 3.05) is 5.73 Å². The average molecular weight is 209 g/mol. The molecule has 0 aliphatic rings. The Hall–Kier alpha value is -1.20. The van der Waals surface area contributed by atoms with Gasteiger partial charge in [0.15, 0.2) is 0 Å². The van der Waals surface area contributed by atoms with Gasteiger partial charge in [-0.05, 0) is 12.1 Å². The molecule has 2 aromatic heterocycles. The molecule has 0 amide bonds. The monoisotopic (exact) mass is 209 g/mol. The van der Waals surface area contributed by atoms with Crippen molar-refractivity contribution in [1.82, 2.24) is 4.98 Å². The van der Waals surface area contributed by atoms with Crippen LogP contribution in [0.3, 0.4) is 0 Å². The highest BCUT2D eigenvalue weighted by atomic mass is 32.1.